The molecule has 6 heteroatoms. The average Bonchev–Trinajstić information content (AvgIpc) is 2.82. The molecule has 86 valence electrons. The van der Waals surface area contributed by atoms with Crippen LogP contribution in [0.25, 0.3) is 0 Å². The van der Waals surface area contributed by atoms with Gasteiger partial charge in [0.2, 0.25) is 0 Å². The molecular weight excluding hydrogens is 222 g/mol. The molecule has 1 heterocycles. The third-order valence-corrected chi connectivity index (χ3v) is 2.15. The van der Waals surface area contributed by atoms with Crippen molar-refractivity contribution in [3.8, 4) is 0 Å². The van der Waals surface area contributed by atoms with Crippen molar-refractivity contribution < 1.29 is 9.72 Å². The SMILES string of the molecule is O=C(Nc1cccc([N+](=O)[O-])c1)n1cccc1. The van der Waals surface area contributed by atoms with Crippen LogP contribution in [0.5, 0.6) is 0 Å². The summed E-state index contributed by atoms with van der Waals surface area (Å²) in [6.07, 6.45) is 3.18. The van der Waals surface area contributed by atoms with Gasteiger partial charge in [-0.15, -0.1) is 0 Å². The molecule has 2 rings (SSSR count). The number of carbonyl (C=O) groups excluding carboxylic acids is 1. The molecule has 0 aliphatic carbocycles. The van der Waals surface area contributed by atoms with Gasteiger partial charge in [0, 0.05) is 30.2 Å². The standard InChI is InChI=1S/C11H9N3O3/c15-11(13-6-1-2-7-13)12-9-4-3-5-10(8-9)14(16)17/h1-8H,(H,12,15). The monoisotopic (exact) mass is 231 g/mol. The van der Waals surface area contributed by atoms with E-state index in [9.17, 15) is 14.9 Å². The Balaban J connectivity index is 2.16. The maximum Gasteiger partial charge on any atom is 0.329 e. The Morgan fingerprint density at radius 1 is 1.24 bits per heavy atom. The van der Waals surface area contributed by atoms with E-state index in [1.165, 1.54) is 22.8 Å². The maximum atomic E-state index is 11.6. The summed E-state index contributed by atoms with van der Waals surface area (Å²) < 4.78 is 1.35. The van der Waals surface area contributed by atoms with E-state index in [1.54, 1.807) is 30.6 Å². The number of aromatic nitrogens is 1. The Morgan fingerprint density at radius 2 is 1.94 bits per heavy atom. The molecule has 6 nitrogen and oxygen atoms in total. The highest BCUT2D eigenvalue weighted by atomic mass is 16.6. The number of non-ortho nitro benzene ring substituents is 1. The highest BCUT2D eigenvalue weighted by Crippen LogP contribution is 2.17. The largest absolute Gasteiger partial charge is 0.329 e. The number of benzene rings is 1. The second-order valence-electron chi connectivity index (χ2n) is 3.33. The van der Waals surface area contributed by atoms with E-state index in [0.717, 1.165) is 0 Å². The third-order valence-electron chi connectivity index (χ3n) is 2.15. The second-order valence-corrected chi connectivity index (χ2v) is 3.33. The molecule has 1 aromatic carbocycles. The van der Waals surface area contributed by atoms with E-state index in [4.69, 9.17) is 0 Å². The smallest absolute Gasteiger partial charge is 0.307 e. The molecule has 1 N–H and O–H groups in total. The zero-order valence-electron chi connectivity index (χ0n) is 8.74. The van der Waals surface area contributed by atoms with Crippen molar-refractivity contribution in [3.05, 3.63) is 58.9 Å². The molecule has 0 spiro atoms. The van der Waals surface area contributed by atoms with Crippen molar-refractivity contribution in [1.29, 1.82) is 0 Å². The van der Waals surface area contributed by atoms with Gasteiger partial charge in [-0.2, -0.15) is 0 Å². The number of hydrogen-bond acceptors (Lipinski definition) is 3. The van der Waals surface area contributed by atoms with Crippen molar-refractivity contribution >= 4 is 17.4 Å². The van der Waals surface area contributed by atoms with Gasteiger partial charge < -0.3 is 5.32 Å². The summed E-state index contributed by atoms with van der Waals surface area (Å²) in [6, 6.07) is 8.85. The molecule has 1 amide bonds. The van der Waals surface area contributed by atoms with Gasteiger partial charge in [0.25, 0.3) is 5.69 Å². The first-order valence-electron chi connectivity index (χ1n) is 4.85. The summed E-state index contributed by atoms with van der Waals surface area (Å²) >= 11 is 0. The van der Waals surface area contributed by atoms with Gasteiger partial charge >= 0.3 is 6.03 Å². The highest BCUT2D eigenvalue weighted by molar-refractivity contribution is 5.91. The van der Waals surface area contributed by atoms with E-state index in [0.29, 0.717) is 5.69 Å². The van der Waals surface area contributed by atoms with Crippen molar-refractivity contribution in [1.82, 2.24) is 4.57 Å². The van der Waals surface area contributed by atoms with E-state index in [1.807, 2.05) is 0 Å². The van der Waals surface area contributed by atoms with Crippen molar-refractivity contribution in [2.24, 2.45) is 0 Å². The minimum Gasteiger partial charge on any atom is -0.307 e. The van der Waals surface area contributed by atoms with Crippen LogP contribution >= 0.6 is 0 Å². The molecule has 0 bridgehead atoms. The summed E-state index contributed by atoms with van der Waals surface area (Å²) in [5.74, 6) is 0. The molecule has 0 atom stereocenters. The third kappa shape index (κ3) is 2.49. The molecule has 2 aromatic rings. The number of anilines is 1. The lowest BCUT2D eigenvalue weighted by Crippen LogP contribution is -2.17. The van der Waals surface area contributed by atoms with Gasteiger partial charge in [0.1, 0.15) is 0 Å². The number of nitrogens with zero attached hydrogens (tertiary/aromatic N) is 2. The average molecular weight is 231 g/mol. The van der Waals surface area contributed by atoms with Gasteiger partial charge in [0.05, 0.1) is 4.92 Å². The number of rotatable bonds is 2. The van der Waals surface area contributed by atoms with Gasteiger partial charge in [-0.25, -0.2) is 4.79 Å². The van der Waals surface area contributed by atoms with E-state index in [2.05, 4.69) is 5.32 Å². The van der Waals surface area contributed by atoms with E-state index >= 15 is 0 Å². The molecule has 0 unspecified atom stereocenters. The Kier molecular flexibility index (Phi) is 2.87. The fourth-order valence-corrected chi connectivity index (χ4v) is 1.36. The van der Waals surface area contributed by atoms with E-state index < -0.39 is 4.92 Å². The minimum atomic E-state index is -0.509. The fraction of sp³-hybridized carbons (Fsp3) is 0. The number of nitro groups is 1. The highest BCUT2D eigenvalue weighted by Gasteiger charge is 2.08. The quantitative estimate of drug-likeness (QED) is 0.637. The Labute approximate surface area is 96.6 Å². The van der Waals surface area contributed by atoms with Gasteiger partial charge in [-0.3, -0.25) is 14.7 Å². The molecule has 0 fully saturated rings. The van der Waals surface area contributed by atoms with Crippen molar-refractivity contribution in [3.63, 3.8) is 0 Å². The van der Waals surface area contributed by atoms with Crippen LogP contribution in [-0.2, 0) is 0 Å². The minimum absolute atomic E-state index is 0.0599. The lowest BCUT2D eigenvalue weighted by Gasteiger charge is -2.05. The van der Waals surface area contributed by atoms with Gasteiger partial charge in [-0.05, 0) is 18.2 Å². The number of nitro benzene ring substituents is 1. The molecule has 17 heavy (non-hydrogen) atoms. The van der Waals surface area contributed by atoms with Crippen molar-refractivity contribution in [2.75, 3.05) is 5.32 Å². The molecule has 0 saturated heterocycles. The van der Waals surface area contributed by atoms with Crippen molar-refractivity contribution in [2.45, 2.75) is 0 Å². The van der Waals surface area contributed by atoms with Crippen LogP contribution in [0.2, 0.25) is 0 Å². The Morgan fingerprint density at radius 3 is 2.59 bits per heavy atom. The molecule has 0 aliphatic rings. The van der Waals surface area contributed by atoms with Crippen LogP contribution in [0.15, 0.2) is 48.8 Å². The fourth-order valence-electron chi connectivity index (χ4n) is 1.36. The summed E-state index contributed by atoms with van der Waals surface area (Å²) in [7, 11) is 0. The predicted octanol–water partition coefficient (Wildman–Crippen LogP) is 2.48. The zero-order valence-corrected chi connectivity index (χ0v) is 8.74. The topological polar surface area (TPSA) is 77.2 Å². The number of carbonyl (C=O) groups is 1. The first kappa shape index (κ1) is 10.9. The molecular formula is C11H9N3O3. The van der Waals surface area contributed by atoms with Crippen LogP contribution in [0.1, 0.15) is 0 Å². The van der Waals surface area contributed by atoms with Gasteiger partial charge in [-0.1, -0.05) is 6.07 Å². The van der Waals surface area contributed by atoms with E-state index in [-0.39, 0.29) is 11.7 Å². The zero-order chi connectivity index (χ0) is 12.3. The first-order valence-corrected chi connectivity index (χ1v) is 4.85. The number of nitrogens with one attached hydrogen (secondary N) is 1. The lowest BCUT2D eigenvalue weighted by atomic mass is 10.3. The molecule has 0 saturated carbocycles. The first-order chi connectivity index (χ1) is 8.16. The second kappa shape index (κ2) is 4.48. The van der Waals surface area contributed by atoms with Gasteiger partial charge in [0.15, 0.2) is 0 Å². The lowest BCUT2D eigenvalue weighted by molar-refractivity contribution is -0.384. The van der Waals surface area contributed by atoms with Crippen LogP contribution in [0.3, 0.4) is 0 Å². The summed E-state index contributed by atoms with van der Waals surface area (Å²) in [5, 5.41) is 13.1. The predicted molar refractivity (Wildman–Crippen MR) is 61.9 cm³/mol. The number of hydrogen-bond donors (Lipinski definition) is 1. The van der Waals surface area contributed by atoms with Crippen LogP contribution in [-0.4, -0.2) is 15.5 Å². The Bertz CT molecular complexity index is 549. The molecule has 1 aromatic heterocycles. The summed E-state index contributed by atoms with van der Waals surface area (Å²) in [4.78, 5) is 21.7. The van der Waals surface area contributed by atoms with Crippen LogP contribution in [0.4, 0.5) is 16.2 Å². The molecule has 0 radical (unpaired) electrons. The maximum absolute atomic E-state index is 11.6. The summed E-state index contributed by atoms with van der Waals surface area (Å²) in [5.41, 5.74) is 0.327. The van der Waals surface area contributed by atoms with Crippen LogP contribution < -0.4 is 5.32 Å². The number of amides is 1. The normalized spacial score (nSPS) is 9.88. The van der Waals surface area contributed by atoms with Crippen LogP contribution in [0, 0.1) is 10.1 Å². The Hall–Kier alpha value is -2.63. The molecule has 0 aliphatic heterocycles. The summed E-state index contributed by atoms with van der Waals surface area (Å²) in [6.45, 7) is 0.